The van der Waals surface area contributed by atoms with Gasteiger partial charge >= 0.3 is 0 Å². The maximum absolute atomic E-state index is 13.7. The largest absolute Gasteiger partial charge is 0.374 e. The van der Waals surface area contributed by atoms with Crippen molar-refractivity contribution in [2.24, 2.45) is 46.3 Å². The quantitative estimate of drug-likeness (QED) is 0.591. The second kappa shape index (κ2) is 7.38. The number of nitrogens with zero attached hydrogens (tertiary/aromatic N) is 3. The molecule has 2 aromatic heterocycles. The lowest BCUT2D eigenvalue weighted by atomic mass is 9.43. The van der Waals surface area contributed by atoms with E-state index in [1.54, 1.807) is 12.4 Å². The lowest BCUT2D eigenvalue weighted by Gasteiger charge is -2.60. The Morgan fingerprint density at radius 2 is 2.00 bits per heavy atom. The van der Waals surface area contributed by atoms with E-state index < -0.39 is 0 Å². The summed E-state index contributed by atoms with van der Waals surface area (Å²) in [6.45, 7) is 7.70. The zero-order valence-electron chi connectivity index (χ0n) is 21.0. The standard InChI is InChI=1S/C29H39N3O2/c1-17-6-10-29-18(2)34-27(24(29)12-17)13-20-21-4-5-23(28(21,3)9-7-22(20)29)26(33)16-32-15-19-8-11-30-14-25(19)31-32/h8,11,14-15,17-18,20-24,27H,4-7,9-10,12-13,16H2,1-3H3/t17-,18+,20-,21-,22?,23+,24?,27+,28-,29-/m0/s1. The minimum Gasteiger partial charge on any atom is -0.374 e. The highest BCUT2D eigenvalue weighted by molar-refractivity contribution is 5.83. The van der Waals surface area contributed by atoms with Gasteiger partial charge < -0.3 is 4.74 Å². The molecule has 4 aliphatic carbocycles. The number of rotatable bonds is 3. The number of ether oxygens (including phenoxy) is 1. The molecule has 0 radical (unpaired) electrons. The molecule has 1 aliphatic heterocycles. The molecular formula is C29H39N3O2. The van der Waals surface area contributed by atoms with E-state index in [4.69, 9.17) is 4.74 Å². The molecule has 4 saturated carbocycles. The predicted molar refractivity (Wildman–Crippen MR) is 131 cm³/mol. The zero-order valence-corrected chi connectivity index (χ0v) is 21.0. The summed E-state index contributed by atoms with van der Waals surface area (Å²) in [5.41, 5.74) is 1.42. The Morgan fingerprint density at radius 1 is 1.12 bits per heavy atom. The Labute approximate surface area is 203 Å². The lowest BCUT2D eigenvalue weighted by Crippen LogP contribution is -2.57. The Bertz CT molecular complexity index is 1090. The van der Waals surface area contributed by atoms with Gasteiger partial charge in [0.25, 0.3) is 0 Å². The van der Waals surface area contributed by atoms with E-state index in [1.807, 2.05) is 16.9 Å². The number of hydrogen-bond acceptors (Lipinski definition) is 4. The van der Waals surface area contributed by atoms with Crippen LogP contribution in [0.1, 0.15) is 72.1 Å². The van der Waals surface area contributed by atoms with Crippen molar-refractivity contribution in [1.82, 2.24) is 14.8 Å². The number of Topliss-reactive ketones (excluding diaryl/α,β-unsaturated/α-hetero) is 1. The van der Waals surface area contributed by atoms with Crippen LogP contribution in [0.4, 0.5) is 0 Å². The zero-order chi connectivity index (χ0) is 23.2. The molecule has 2 aromatic rings. The highest BCUT2D eigenvalue weighted by atomic mass is 16.5. The molecule has 0 aromatic carbocycles. The van der Waals surface area contributed by atoms with Crippen LogP contribution >= 0.6 is 0 Å². The first-order valence-electron chi connectivity index (χ1n) is 13.9. The molecule has 10 atom stereocenters. The van der Waals surface area contributed by atoms with Gasteiger partial charge in [-0.15, -0.1) is 0 Å². The predicted octanol–water partition coefficient (Wildman–Crippen LogP) is 5.67. The summed E-state index contributed by atoms with van der Waals surface area (Å²) in [5, 5.41) is 5.68. The van der Waals surface area contributed by atoms with Gasteiger partial charge in [0.1, 0.15) is 5.52 Å². The summed E-state index contributed by atoms with van der Waals surface area (Å²) >= 11 is 0. The smallest absolute Gasteiger partial charge is 0.157 e. The molecule has 2 bridgehead atoms. The fourth-order valence-electron chi connectivity index (χ4n) is 10.3. The third kappa shape index (κ3) is 2.79. The Balaban J connectivity index is 1.14. The molecule has 182 valence electrons. The minimum atomic E-state index is 0.139. The molecule has 5 fully saturated rings. The average Bonchev–Trinajstić information content (AvgIpc) is 3.44. The molecule has 0 amide bonds. The average molecular weight is 462 g/mol. The number of carbonyl (C=O) groups is 1. The summed E-state index contributed by atoms with van der Waals surface area (Å²) in [6, 6.07) is 1.97. The number of fused-ring (bicyclic) bond motifs is 4. The van der Waals surface area contributed by atoms with Crippen molar-refractivity contribution < 1.29 is 9.53 Å². The van der Waals surface area contributed by atoms with Gasteiger partial charge in [-0.2, -0.15) is 5.10 Å². The van der Waals surface area contributed by atoms with Gasteiger partial charge in [0.05, 0.1) is 24.9 Å². The van der Waals surface area contributed by atoms with Crippen molar-refractivity contribution in [3.05, 3.63) is 24.7 Å². The maximum Gasteiger partial charge on any atom is 0.157 e. The van der Waals surface area contributed by atoms with Crippen LogP contribution in [0.2, 0.25) is 0 Å². The lowest BCUT2D eigenvalue weighted by molar-refractivity contribution is -0.136. The number of aromatic nitrogens is 3. The van der Waals surface area contributed by atoms with Gasteiger partial charge in [0.15, 0.2) is 5.78 Å². The van der Waals surface area contributed by atoms with Gasteiger partial charge in [-0.25, -0.2) is 0 Å². The van der Waals surface area contributed by atoms with Crippen molar-refractivity contribution in [3.8, 4) is 0 Å². The Kier molecular flexibility index (Phi) is 4.67. The monoisotopic (exact) mass is 461 g/mol. The minimum absolute atomic E-state index is 0.139. The number of ketones is 1. The molecule has 34 heavy (non-hydrogen) atoms. The molecule has 3 heterocycles. The molecular weight excluding hydrogens is 422 g/mol. The van der Waals surface area contributed by atoms with Crippen LogP contribution in [0.5, 0.6) is 0 Å². The second-order valence-corrected chi connectivity index (χ2v) is 12.9. The van der Waals surface area contributed by atoms with E-state index in [0.29, 0.717) is 35.9 Å². The van der Waals surface area contributed by atoms with Crippen LogP contribution in [0.3, 0.4) is 0 Å². The highest BCUT2D eigenvalue weighted by Gasteiger charge is 2.68. The van der Waals surface area contributed by atoms with Gasteiger partial charge in [0, 0.05) is 29.1 Å². The number of pyridine rings is 1. The molecule has 7 rings (SSSR count). The van der Waals surface area contributed by atoms with Gasteiger partial charge in [-0.3, -0.25) is 14.5 Å². The van der Waals surface area contributed by atoms with Gasteiger partial charge in [-0.05, 0) is 92.9 Å². The topological polar surface area (TPSA) is 57.0 Å². The van der Waals surface area contributed by atoms with Crippen molar-refractivity contribution in [2.45, 2.75) is 90.9 Å². The van der Waals surface area contributed by atoms with Gasteiger partial charge in [-0.1, -0.05) is 20.3 Å². The summed E-state index contributed by atoms with van der Waals surface area (Å²) in [4.78, 5) is 17.8. The molecule has 5 heteroatoms. The maximum atomic E-state index is 13.7. The number of carbonyl (C=O) groups excluding carboxylic acids is 1. The van der Waals surface area contributed by atoms with Crippen LogP contribution in [-0.4, -0.2) is 32.8 Å². The molecule has 1 saturated heterocycles. The van der Waals surface area contributed by atoms with Crippen LogP contribution < -0.4 is 0 Å². The summed E-state index contributed by atoms with van der Waals surface area (Å²) < 4.78 is 8.59. The van der Waals surface area contributed by atoms with Crippen LogP contribution in [0.15, 0.2) is 24.7 Å². The van der Waals surface area contributed by atoms with E-state index in [0.717, 1.165) is 41.0 Å². The van der Waals surface area contributed by atoms with Crippen LogP contribution in [0.25, 0.3) is 10.9 Å². The van der Waals surface area contributed by atoms with Crippen molar-refractivity contribution >= 4 is 16.7 Å². The van der Waals surface area contributed by atoms with E-state index in [-0.39, 0.29) is 11.3 Å². The third-order valence-electron chi connectivity index (χ3n) is 11.7. The summed E-state index contributed by atoms with van der Waals surface area (Å²) in [7, 11) is 0. The first-order valence-corrected chi connectivity index (χ1v) is 13.9. The molecule has 0 N–H and O–H groups in total. The normalized spacial score (nSPS) is 47.3. The summed E-state index contributed by atoms with van der Waals surface area (Å²) in [6.07, 6.45) is 16.6. The molecule has 5 aliphatic rings. The molecule has 2 unspecified atom stereocenters. The van der Waals surface area contributed by atoms with Crippen molar-refractivity contribution in [3.63, 3.8) is 0 Å². The second-order valence-electron chi connectivity index (χ2n) is 12.9. The van der Waals surface area contributed by atoms with E-state index in [1.165, 1.54) is 44.9 Å². The van der Waals surface area contributed by atoms with E-state index in [2.05, 4.69) is 30.9 Å². The first kappa shape index (κ1) is 21.5. The van der Waals surface area contributed by atoms with Crippen molar-refractivity contribution in [2.75, 3.05) is 0 Å². The molecule has 5 nitrogen and oxygen atoms in total. The SMILES string of the molecule is C[C@H]1CC[C@@]23C4CC[C@]5(C)[C@@H](C(=O)Cn6cc7ccncc7n6)CC[C@H]5[C@@H]4C[C@@H](O[C@@H]2C)C3C1. The van der Waals surface area contributed by atoms with E-state index in [9.17, 15) is 4.79 Å². The third-order valence-corrected chi connectivity index (χ3v) is 11.7. The highest BCUT2D eigenvalue weighted by Crippen LogP contribution is 2.71. The van der Waals surface area contributed by atoms with Crippen molar-refractivity contribution in [1.29, 1.82) is 0 Å². The fraction of sp³-hybridized carbons (Fsp3) is 0.759. The van der Waals surface area contributed by atoms with Gasteiger partial charge in [0.2, 0.25) is 0 Å². The number of hydrogen-bond donors (Lipinski definition) is 0. The first-order chi connectivity index (χ1) is 16.4. The van der Waals surface area contributed by atoms with Crippen LogP contribution in [-0.2, 0) is 16.1 Å². The Hall–Kier alpha value is -1.75. The molecule has 0 spiro atoms. The van der Waals surface area contributed by atoms with Crippen LogP contribution in [0, 0.1) is 46.3 Å². The fourth-order valence-corrected chi connectivity index (χ4v) is 10.3. The summed E-state index contributed by atoms with van der Waals surface area (Å²) in [5.74, 6) is 4.40. The van der Waals surface area contributed by atoms with E-state index >= 15 is 0 Å². The Morgan fingerprint density at radius 3 is 2.85 bits per heavy atom.